The van der Waals surface area contributed by atoms with Crippen molar-refractivity contribution >= 4 is 5.71 Å². The molecular weight excluding hydrogens is 410 g/mol. The standard InChI is InChI=1S/C25H39NO6/c1-22-13-18(27)21-16(17(22)6-7-19(22)24(3)29-8-9-30-24)5-4-15-12-25(31-10-11-32-25)14-20(26-28)23(15,21)2/h15-19,21,27-28H,4-14H2,1-3H3/b26-20+/t15-,16?,17+,18-,19?,21?,22+,23-/m1/s1. The minimum Gasteiger partial charge on any atom is -0.411 e. The van der Waals surface area contributed by atoms with Crippen molar-refractivity contribution in [1.29, 1.82) is 0 Å². The zero-order valence-corrected chi connectivity index (χ0v) is 19.7. The zero-order chi connectivity index (χ0) is 22.4. The van der Waals surface area contributed by atoms with Crippen LogP contribution in [-0.2, 0) is 18.9 Å². The third kappa shape index (κ3) is 2.75. The number of aliphatic hydroxyl groups is 1. The molecule has 32 heavy (non-hydrogen) atoms. The molecule has 180 valence electrons. The monoisotopic (exact) mass is 449 g/mol. The highest BCUT2D eigenvalue weighted by molar-refractivity contribution is 5.92. The van der Waals surface area contributed by atoms with Crippen LogP contribution >= 0.6 is 0 Å². The fourth-order valence-corrected chi connectivity index (χ4v) is 9.65. The van der Waals surface area contributed by atoms with E-state index in [9.17, 15) is 10.3 Å². The Morgan fingerprint density at radius 1 is 0.875 bits per heavy atom. The third-order valence-electron chi connectivity index (χ3n) is 10.9. The molecule has 2 N–H and O–H groups in total. The zero-order valence-electron chi connectivity index (χ0n) is 19.7. The van der Waals surface area contributed by atoms with Crippen molar-refractivity contribution in [3.8, 4) is 0 Å². The summed E-state index contributed by atoms with van der Waals surface area (Å²) in [6, 6.07) is 0. The molecule has 2 aliphatic heterocycles. The van der Waals surface area contributed by atoms with Crippen molar-refractivity contribution in [2.24, 2.45) is 45.6 Å². The Kier molecular flexibility index (Phi) is 4.86. The predicted molar refractivity (Wildman–Crippen MR) is 116 cm³/mol. The Hall–Kier alpha value is -0.730. The predicted octanol–water partition coefficient (Wildman–Crippen LogP) is 3.56. The van der Waals surface area contributed by atoms with Gasteiger partial charge >= 0.3 is 0 Å². The van der Waals surface area contributed by atoms with Crippen LogP contribution in [0.1, 0.15) is 65.7 Å². The van der Waals surface area contributed by atoms with Crippen LogP contribution < -0.4 is 0 Å². The second kappa shape index (κ2) is 7.14. The van der Waals surface area contributed by atoms with Gasteiger partial charge in [0.25, 0.3) is 0 Å². The highest BCUT2D eigenvalue weighted by Gasteiger charge is 2.68. The summed E-state index contributed by atoms with van der Waals surface area (Å²) in [6.45, 7) is 9.23. The number of fused-ring (bicyclic) bond motifs is 5. The van der Waals surface area contributed by atoms with Gasteiger partial charge in [0.15, 0.2) is 11.6 Å². The summed E-state index contributed by atoms with van der Waals surface area (Å²) in [5.41, 5.74) is 0.422. The van der Waals surface area contributed by atoms with E-state index in [4.69, 9.17) is 18.9 Å². The summed E-state index contributed by atoms with van der Waals surface area (Å²) in [5.74, 6) is 0.441. The molecule has 7 heteroatoms. The molecule has 6 rings (SSSR count). The summed E-state index contributed by atoms with van der Waals surface area (Å²) < 4.78 is 24.3. The Labute approximate surface area is 190 Å². The van der Waals surface area contributed by atoms with Crippen LogP contribution in [0, 0.1) is 40.4 Å². The van der Waals surface area contributed by atoms with Crippen LogP contribution in [0.2, 0.25) is 0 Å². The van der Waals surface area contributed by atoms with Crippen LogP contribution in [0.3, 0.4) is 0 Å². The largest absolute Gasteiger partial charge is 0.411 e. The smallest absolute Gasteiger partial charge is 0.174 e. The first-order chi connectivity index (χ1) is 15.3. The van der Waals surface area contributed by atoms with E-state index in [0.29, 0.717) is 50.6 Å². The van der Waals surface area contributed by atoms with Gasteiger partial charge in [0.05, 0.1) is 38.2 Å². The average Bonchev–Trinajstić information content (AvgIpc) is 3.47. The molecular formula is C25H39NO6. The lowest BCUT2D eigenvalue weighted by molar-refractivity contribution is -0.233. The first-order valence-corrected chi connectivity index (χ1v) is 12.7. The van der Waals surface area contributed by atoms with E-state index in [-0.39, 0.29) is 22.7 Å². The first kappa shape index (κ1) is 21.8. The molecule has 4 aliphatic carbocycles. The van der Waals surface area contributed by atoms with Crippen LogP contribution in [0.5, 0.6) is 0 Å². The van der Waals surface area contributed by atoms with Crippen molar-refractivity contribution in [3.63, 3.8) is 0 Å². The van der Waals surface area contributed by atoms with E-state index < -0.39 is 17.7 Å². The maximum absolute atomic E-state index is 11.8. The van der Waals surface area contributed by atoms with Gasteiger partial charge < -0.3 is 29.3 Å². The van der Waals surface area contributed by atoms with Gasteiger partial charge in [-0.25, -0.2) is 0 Å². The number of aliphatic hydroxyl groups excluding tert-OH is 1. The molecule has 7 nitrogen and oxygen atoms in total. The molecule has 0 bridgehead atoms. The molecule has 0 aromatic carbocycles. The average molecular weight is 450 g/mol. The van der Waals surface area contributed by atoms with Crippen LogP contribution in [-0.4, -0.2) is 60.1 Å². The summed E-state index contributed by atoms with van der Waals surface area (Å²) in [4.78, 5) is 0. The van der Waals surface area contributed by atoms with E-state index in [1.54, 1.807) is 0 Å². The Balaban J connectivity index is 1.34. The Bertz CT molecular complexity index is 789. The fourth-order valence-electron chi connectivity index (χ4n) is 9.65. The Morgan fingerprint density at radius 2 is 1.56 bits per heavy atom. The minimum atomic E-state index is -0.642. The number of nitrogens with zero attached hydrogens (tertiary/aromatic N) is 1. The summed E-state index contributed by atoms with van der Waals surface area (Å²) in [5, 5.41) is 25.7. The van der Waals surface area contributed by atoms with E-state index in [1.807, 2.05) is 0 Å². The molecule has 4 saturated carbocycles. The lowest BCUT2D eigenvalue weighted by atomic mass is 9.43. The molecule has 0 aromatic rings. The SMILES string of the molecule is CC1(C2CC[C@H]3C4CC[C@@H]5CC6(C/C(=N\O)[C@]5(C)C4[C@H](O)C[C@]23C)OCCO6)OCCO1. The molecule has 8 atom stereocenters. The molecule has 2 heterocycles. The maximum atomic E-state index is 11.8. The second-order valence-electron chi connectivity index (χ2n) is 12.0. The van der Waals surface area contributed by atoms with Gasteiger partial charge in [0.1, 0.15) is 0 Å². The number of ether oxygens (including phenoxy) is 4. The number of oxime groups is 1. The fraction of sp³-hybridized carbons (Fsp3) is 0.960. The van der Waals surface area contributed by atoms with Crippen LogP contribution in [0.15, 0.2) is 5.16 Å². The highest BCUT2D eigenvalue weighted by atomic mass is 16.7. The topological polar surface area (TPSA) is 89.7 Å². The van der Waals surface area contributed by atoms with Gasteiger partial charge in [0.2, 0.25) is 0 Å². The first-order valence-electron chi connectivity index (χ1n) is 12.7. The minimum absolute atomic E-state index is 0.00699. The van der Waals surface area contributed by atoms with Gasteiger partial charge in [-0.15, -0.1) is 0 Å². The second-order valence-corrected chi connectivity index (χ2v) is 12.0. The molecule has 0 aromatic heterocycles. The number of hydrogen-bond donors (Lipinski definition) is 2. The van der Waals surface area contributed by atoms with Gasteiger partial charge in [-0.2, -0.15) is 0 Å². The third-order valence-corrected chi connectivity index (χ3v) is 10.9. The summed E-state index contributed by atoms with van der Waals surface area (Å²) >= 11 is 0. The van der Waals surface area contributed by atoms with Crippen molar-refractivity contribution in [1.82, 2.24) is 0 Å². The van der Waals surface area contributed by atoms with E-state index in [2.05, 4.69) is 25.9 Å². The molecule has 2 saturated heterocycles. The van der Waals surface area contributed by atoms with Crippen molar-refractivity contribution in [2.45, 2.75) is 83.4 Å². The molecule has 1 spiro atoms. The van der Waals surface area contributed by atoms with Gasteiger partial charge in [0, 0.05) is 24.2 Å². The molecule has 0 amide bonds. The van der Waals surface area contributed by atoms with Gasteiger partial charge in [-0.05, 0) is 68.1 Å². The van der Waals surface area contributed by atoms with E-state index in [1.165, 1.54) is 0 Å². The quantitative estimate of drug-likeness (QED) is 0.470. The van der Waals surface area contributed by atoms with E-state index >= 15 is 0 Å². The maximum Gasteiger partial charge on any atom is 0.174 e. The van der Waals surface area contributed by atoms with Crippen LogP contribution in [0.25, 0.3) is 0 Å². The Morgan fingerprint density at radius 3 is 2.25 bits per heavy atom. The number of rotatable bonds is 1. The number of hydrogen-bond acceptors (Lipinski definition) is 7. The molecule has 0 radical (unpaired) electrons. The highest BCUT2D eigenvalue weighted by Crippen LogP contribution is 2.69. The summed E-state index contributed by atoms with van der Waals surface area (Å²) in [6.07, 6.45) is 6.03. The van der Waals surface area contributed by atoms with Crippen molar-refractivity contribution in [2.75, 3.05) is 26.4 Å². The molecule has 6 fully saturated rings. The van der Waals surface area contributed by atoms with E-state index in [0.717, 1.165) is 44.2 Å². The van der Waals surface area contributed by atoms with Gasteiger partial charge in [-0.1, -0.05) is 19.0 Å². The summed E-state index contributed by atoms with van der Waals surface area (Å²) in [7, 11) is 0. The van der Waals surface area contributed by atoms with Gasteiger partial charge in [-0.3, -0.25) is 0 Å². The van der Waals surface area contributed by atoms with Crippen molar-refractivity contribution < 1.29 is 29.3 Å². The normalized spacial score (nSPS) is 52.7. The van der Waals surface area contributed by atoms with Crippen molar-refractivity contribution in [3.05, 3.63) is 0 Å². The lowest BCUT2D eigenvalue weighted by Crippen LogP contribution is -2.64. The molecule has 3 unspecified atom stereocenters. The van der Waals surface area contributed by atoms with Crippen LogP contribution in [0.4, 0.5) is 0 Å². The lowest BCUT2D eigenvalue weighted by Gasteiger charge is -2.63. The molecule has 6 aliphatic rings.